The molecule has 2 rings (SSSR count). The molecule has 1 atom stereocenters. The molecule has 0 aromatic carbocycles. The van der Waals surface area contributed by atoms with Crippen LogP contribution in [0, 0.1) is 0 Å². The van der Waals surface area contributed by atoms with E-state index in [2.05, 4.69) is 10.3 Å². The second-order valence-corrected chi connectivity index (χ2v) is 6.88. The molecule has 0 radical (unpaired) electrons. The molecule has 2 amide bonds. The van der Waals surface area contributed by atoms with Crippen LogP contribution in [0.1, 0.15) is 53.9 Å². The summed E-state index contributed by atoms with van der Waals surface area (Å²) >= 11 is 1.14. The predicted octanol–water partition coefficient (Wildman–Crippen LogP) is 1.27. The lowest BCUT2D eigenvalue weighted by molar-refractivity contribution is 0.0692. The predicted molar refractivity (Wildman–Crippen MR) is 80.5 cm³/mol. The third kappa shape index (κ3) is 4.01. The number of carbonyl (C=O) groups excluding carboxylic acids is 2. The lowest BCUT2D eigenvalue weighted by Crippen LogP contribution is -2.38. The van der Waals surface area contributed by atoms with Crippen LogP contribution >= 0.6 is 11.3 Å². The third-order valence-electron chi connectivity index (χ3n) is 3.41. The summed E-state index contributed by atoms with van der Waals surface area (Å²) in [5.74, 6) is -0.478. The lowest BCUT2D eigenvalue weighted by Gasteiger charge is -2.20. The normalized spacial score (nSPS) is 18.9. The summed E-state index contributed by atoms with van der Waals surface area (Å²) < 4.78 is 0. The molecule has 0 saturated carbocycles. The van der Waals surface area contributed by atoms with E-state index in [4.69, 9.17) is 0 Å². The number of aliphatic hydroxyl groups is 1. The molecule has 1 aliphatic heterocycles. The number of likely N-dealkylation sites (tertiary alicyclic amines) is 1. The number of rotatable bonds is 4. The molecule has 1 aromatic heterocycles. The second-order valence-electron chi connectivity index (χ2n) is 6.02. The zero-order valence-electron chi connectivity index (χ0n) is 12.5. The van der Waals surface area contributed by atoms with Crippen LogP contribution in [0.5, 0.6) is 0 Å². The van der Waals surface area contributed by atoms with Gasteiger partial charge in [-0.25, -0.2) is 4.98 Å². The Morgan fingerprint density at radius 1 is 1.57 bits per heavy atom. The van der Waals surface area contributed by atoms with Crippen molar-refractivity contribution in [3.05, 3.63) is 16.1 Å². The minimum absolute atomic E-state index is 0.113. The zero-order valence-corrected chi connectivity index (χ0v) is 13.4. The Morgan fingerprint density at radius 2 is 2.29 bits per heavy atom. The Kier molecular flexibility index (Phi) is 4.63. The van der Waals surface area contributed by atoms with Crippen molar-refractivity contribution in [1.82, 2.24) is 15.2 Å². The smallest absolute Gasteiger partial charge is 0.280 e. The highest BCUT2D eigenvalue weighted by Crippen LogP contribution is 2.20. The third-order valence-corrected chi connectivity index (χ3v) is 4.25. The van der Waals surface area contributed by atoms with Crippen LogP contribution in [0.3, 0.4) is 0 Å². The van der Waals surface area contributed by atoms with Crippen molar-refractivity contribution in [2.45, 2.75) is 45.3 Å². The van der Waals surface area contributed by atoms with Gasteiger partial charge in [0.15, 0.2) is 5.01 Å². The number of hydrogen-bond donors (Lipinski definition) is 2. The van der Waals surface area contributed by atoms with Crippen molar-refractivity contribution < 1.29 is 14.7 Å². The van der Waals surface area contributed by atoms with E-state index in [0.717, 1.165) is 30.7 Å². The molecule has 0 bridgehead atoms. The number of aromatic nitrogens is 1. The minimum atomic E-state index is -0.976. The second kappa shape index (κ2) is 6.11. The van der Waals surface area contributed by atoms with Crippen molar-refractivity contribution in [3.8, 4) is 0 Å². The SMILES string of the molecule is C[C@H]1CCCN1C(=O)c1csc(C(=O)NCC(C)(C)O)n1. The Balaban J connectivity index is 2.01. The van der Waals surface area contributed by atoms with Crippen LogP contribution in [0.2, 0.25) is 0 Å². The Bertz CT molecular complexity index is 536. The molecule has 2 heterocycles. The number of carbonyl (C=O) groups is 2. The molecule has 7 heteroatoms. The first-order valence-corrected chi connectivity index (χ1v) is 7.93. The lowest BCUT2D eigenvalue weighted by atomic mass is 10.1. The van der Waals surface area contributed by atoms with Crippen LogP contribution in [0.15, 0.2) is 5.38 Å². The summed E-state index contributed by atoms with van der Waals surface area (Å²) in [5, 5.41) is 14.1. The van der Waals surface area contributed by atoms with Gasteiger partial charge in [0.2, 0.25) is 0 Å². The molecule has 0 aliphatic carbocycles. The van der Waals surface area contributed by atoms with Crippen LogP contribution in [0.25, 0.3) is 0 Å². The van der Waals surface area contributed by atoms with Gasteiger partial charge in [0, 0.05) is 24.5 Å². The number of nitrogens with one attached hydrogen (secondary N) is 1. The van der Waals surface area contributed by atoms with Crippen molar-refractivity contribution >= 4 is 23.2 Å². The van der Waals surface area contributed by atoms with E-state index in [-0.39, 0.29) is 29.4 Å². The zero-order chi connectivity index (χ0) is 15.6. The van der Waals surface area contributed by atoms with Crippen molar-refractivity contribution in [2.24, 2.45) is 0 Å². The van der Waals surface area contributed by atoms with Gasteiger partial charge in [0.25, 0.3) is 11.8 Å². The van der Waals surface area contributed by atoms with Gasteiger partial charge in [-0.3, -0.25) is 9.59 Å². The maximum Gasteiger partial charge on any atom is 0.280 e. The van der Waals surface area contributed by atoms with E-state index in [1.165, 1.54) is 0 Å². The molecule has 2 N–H and O–H groups in total. The molecule has 6 nitrogen and oxygen atoms in total. The fourth-order valence-corrected chi connectivity index (χ4v) is 2.94. The average molecular weight is 311 g/mol. The Labute approximate surface area is 128 Å². The van der Waals surface area contributed by atoms with Crippen LogP contribution in [-0.2, 0) is 0 Å². The summed E-state index contributed by atoms with van der Waals surface area (Å²) in [6.07, 6.45) is 2.02. The maximum absolute atomic E-state index is 12.3. The average Bonchev–Trinajstić information content (AvgIpc) is 3.03. The summed E-state index contributed by atoms with van der Waals surface area (Å²) in [7, 11) is 0. The van der Waals surface area contributed by atoms with Gasteiger partial charge < -0.3 is 15.3 Å². The molecular weight excluding hydrogens is 290 g/mol. The van der Waals surface area contributed by atoms with Gasteiger partial charge in [-0.15, -0.1) is 11.3 Å². The fraction of sp³-hybridized carbons (Fsp3) is 0.643. The van der Waals surface area contributed by atoms with Crippen LogP contribution < -0.4 is 5.32 Å². The number of thiazole rings is 1. The van der Waals surface area contributed by atoms with Gasteiger partial charge in [0.05, 0.1) is 5.60 Å². The van der Waals surface area contributed by atoms with Crippen LogP contribution in [0.4, 0.5) is 0 Å². The topological polar surface area (TPSA) is 82.5 Å². The molecule has 1 saturated heterocycles. The Hall–Kier alpha value is -1.47. The first kappa shape index (κ1) is 15.9. The largest absolute Gasteiger partial charge is 0.389 e. The maximum atomic E-state index is 12.3. The van der Waals surface area contributed by atoms with E-state index in [1.54, 1.807) is 24.1 Å². The number of hydrogen-bond acceptors (Lipinski definition) is 5. The summed E-state index contributed by atoms with van der Waals surface area (Å²) in [4.78, 5) is 30.1. The molecule has 0 unspecified atom stereocenters. The van der Waals surface area contributed by atoms with Gasteiger partial charge in [0.1, 0.15) is 5.69 Å². The van der Waals surface area contributed by atoms with Crippen molar-refractivity contribution in [2.75, 3.05) is 13.1 Å². The van der Waals surface area contributed by atoms with Crippen LogP contribution in [-0.4, -0.2) is 51.5 Å². The van der Waals surface area contributed by atoms with Crippen molar-refractivity contribution in [3.63, 3.8) is 0 Å². The van der Waals surface area contributed by atoms with E-state index < -0.39 is 5.60 Å². The number of amides is 2. The van der Waals surface area contributed by atoms with Gasteiger partial charge in [-0.2, -0.15) is 0 Å². The number of nitrogens with zero attached hydrogens (tertiary/aromatic N) is 2. The van der Waals surface area contributed by atoms with Crippen molar-refractivity contribution in [1.29, 1.82) is 0 Å². The molecule has 116 valence electrons. The fourth-order valence-electron chi connectivity index (χ4n) is 2.23. The molecule has 1 aromatic rings. The molecule has 0 spiro atoms. The van der Waals surface area contributed by atoms with E-state index in [9.17, 15) is 14.7 Å². The van der Waals surface area contributed by atoms with Gasteiger partial charge in [-0.05, 0) is 33.6 Å². The van der Waals surface area contributed by atoms with E-state index >= 15 is 0 Å². The van der Waals surface area contributed by atoms with Gasteiger partial charge in [-0.1, -0.05) is 0 Å². The molecule has 1 aliphatic rings. The first-order chi connectivity index (χ1) is 9.78. The Morgan fingerprint density at radius 3 is 2.86 bits per heavy atom. The van der Waals surface area contributed by atoms with E-state index in [0.29, 0.717) is 5.69 Å². The molecular formula is C14H21N3O3S. The highest BCUT2D eigenvalue weighted by Gasteiger charge is 2.28. The molecule has 21 heavy (non-hydrogen) atoms. The minimum Gasteiger partial charge on any atom is -0.389 e. The summed E-state index contributed by atoms with van der Waals surface area (Å²) in [6, 6.07) is 0.228. The standard InChI is InChI=1S/C14H21N3O3S/c1-9-5-4-6-17(9)13(19)10-7-21-12(16-10)11(18)15-8-14(2,3)20/h7,9,20H,4-6,8H2,1-3H3,(H,15,18)/t9-/m0/s1. The van der Waals surface area contributed by atoms with Gasteiger partial charge >= 0.3 is 0 Å². The highest BCUT2D eigenvalue weighted by molar-refractivity contribution is 7.11. The summed E-state index contributed by atoms with van der Waals surface area (Å²) in [5.41, 5.74) is -0.654. The summed E-state index contributed by atoms with van der Waals surface area (Å²) in [6.45, 7) is 6.13. The quantitative estimate of drug-likeness (QED) is 0.877. The van der Waals surface area contributed by atoms with E-state index in [1.807, 2.05) is 6.92 Å². The highest BCUT2D eigenvalue weighted by atomic mass is 32.1. The first-order valence-electron chi connectivity index (χ1n) is 7.05. The molecule has 1 fully saturated rings. The monoisotopic (exact) mass is 311 g/mol.